The van der Waals surface area contributed by atoms with Gasteiger partial charge in [-0.05, 0) is 186 Å². The van der Waals surface area contributed by atoms with Crippen molar-refractivity contribution in [3.63, 3.8) is 0 Å². The van der Waals surface area contributed by atoms with Gasteiger partial charge in [-0.3, -0.25) is 9.97 Å². The zero-order chi connectivity index (χ0) is 82.0. The molecule has 5 aromatic heterocycles. The average molecular weight is 1600 g/mol. The topological polar surface area (TPSA) is 100.0 Å². The van der Waals surface area contributed by atoms with E-state index in [9.17, 15) is 0 Å². The molecule has 580 valence electrons. The summed E-state index contributed by atoms with van der Waals surface area (Å²) in [7, 11) is -3.11. The number of aromatic nitrogens is 5. The van der Waals surface area contributed by atoms with E-state index in [1.165, 1.54) is 44.5 Å². The van der Waals surface area contributed by atoms with Crippen molar-refractivity contribution in [3.8, 4) is 124 Å². The minimum Gasteiger partial charge on any atom is -0.457 e. The molecule has 0 unspecified atom stereocenters. The van der Waals surface area contributed by atoms with Crippen molar-refractivity contribution < 1.29 is 14.0 Å². The number of pyridine rings is 5. The number of nitrogens with zero attached hydrogens (tertiary/aromatic N) is 5. The summed E-state index contributed by atoms with van der Waals surface area (Å²) in [6, 6.07) is 149. The Morgan fingerprint density at radius 2 is 0.540 bits per heavy atom. The van der Waals surface area contributed by atoms with Crippen LogP contribution in [0, 0.1) is 0 Å². The molecule has 7 heterocycles. The molecule has 0 radical (unpaired) electrons. The lowest BCUT2D eigenvalue weighted by Crippen LogP contribution is -2.32. The molecule has 21 aromatic rings. The van der Waals surface area contributed by atoms with Gasteiger partial charge < -0.3 is 14.0 Å². The van der Waals surface area contributed by atoms with Crippen LogP contribution in [0.2, 0.25) is 0 Å². The molecule has 8 nitrogen and oxygen atoms in total. The maximum absolute atomic E-state index is 15.2. The fourth-order valence-electron chi connectivity index (χ4n) is 20.1. The van der Waals surface area contributed by atoms with Crippen LogP contribution in [0.25, 0.3) is 144 Å². The largest absolute Gasteiger partial charge is 0.457 e. The lowest BCUT2D eigenvalue weighted by atomic mass is 9.65. The average Bonchev–Trinajstić information content (AvgIpc) is 1.48. The zero-order valence-corrected chi connectivity index (χ0v) is 67.9. The third kappa shape index (κ3) is 11.3. The van der Waals surface area contributed by atoms with Gasteiger partial charge in [-0.25, -0.2) is 15.0 Å². The van der Waals surface area contributed by atoms with Crippen LogP contribution in [0.15, 0.2) is 437 Å². The van der Waals surface area contributed by atoms with Gasteiger partial charge in [-0.15, -0.1) is 0 Å². The minimum atomic E-state index is -3.11. The summed E-state index contributed by atoms with van der Waals surface area (Å²) in [4.78, 5) is 25.0. The smallest absolute Gasteiger partial charge is 0.171 e. The number of benzene rings is 16. The minimum absolute atomic E-state index is 0.582. The van der Waals surface area contributed by atoms with Gasteiger partial charge in [0.05, 0.1) is 56.0 Å². The van der Waals surface area contributed by atoms with Crippen LogP contribution in [-0.2, 0) is 15.4 Å². The van der Waals surface area contributed by atoms with Gasteiger partial charge in [-0.1, -0.05) is 328 Å². The van der Waals surface area contributed by atoms with Crippen LogP contribution in [0.3, 0.4) is 0 Å². The molecule has 2 aliphatic heterocycles. The third-order valence-corrected chi connectivity index (χ3v) is 28.7. The molecule has 0 N–H and O–H groups in total. The van der Waals surface area contributed by atoms with Crippen LogP contribution in [-0.4, -0.2) is 24.9 Å². The molecule has 9 heteroatoms. The van der Waals surface area contributed by atoms with Gasteiger partial charge in [0.25, 0.3) is 0 Å². The SMILES string of the molecule is O=P(c1ccccc1)(c1ccccc1)c1ccc(-c2ccc3nc(-c4ccccc4)c4cc5c(cc4c3c2)C2(c3ccccc3O5)c3ccccc3-c3ccccc32)cc1.c1ccc(-c2nc3ccc(-c4ccc(-c5cc(-c6ccccn6)nc(-c6ccccn6)c5)cc4)cc3c3cc4c(cc23)Oc2ccccc2C42c3ccccc3-c3ccccc32)cc1. The Morgan fingerprint density at radius 1 is 0.210 bits per heavy atom. The lowest BCUT2D eigenvalue weighted by molar-refractivity contribution is 0.437. The summed E-state index contributed by atoms with van der Waals surface area (Å²) in [5.74, 6) is 3.41. The summed E-state index contributed by atoms with van der Waals surface area (Å²) in [5, 5.41) is 8.90. The molecule has 4 aliphatic rings. The standard InChI is InChI=1S/C59H36N4O.C56H36NO2P/c1-2-14-39(15-3-1)58-46-36-57-50(59(49-20-8-9-23-56(49)64-57)47-18-6-4-16-42(47)43-17-5-7-19-48(43)59)35-44(46)45-32-40(28-29-51(45)63-58)37-24-26-38(27-25-37)41-33-54(52-21-10-12-30-60-52)62-55(34-41)53-22-11-13-31-61-53;58-60(40-18-6-2-7-19-40,41-20-8-3-9-21-41)42-31-28-37(29-32-42)39-30-33-52-46(34-39)45-35-51-54(36-47(45)55(57-52)38-16-4-1-5-17-38)59-53-27-15-14-26-50(53)56(51)48-24-12-10-22-43(48)44-23-11-13-25-49(44)56/h1-36H;1-36H. The van der Waals surface area contributed by atoms with Gasteiger partial charge in [-0.2, -0.15) is 0 Å². The molecule has 0 saturated heterocycles. The highest BCUT2D eigenvalue weighted by Gasteiger charge is 2.53. The van der Waals surface area contributed by atoms with Gasteiger partial charge in [0.1, 0.15) is 23.0 Å². The summed E-state index contributed by atoms with van der Waals surface area (Å²) in [6.07, 6.45) is 3.60. The number of fused-ring (bicyclic) bond motifs is 24. The summed E-state index contributed by atoms with van der Waals surface area (Å²) in [6.45, 7) is 0. The Hall–Kier alpha value is -15.9. The van der Waals surface area contributed by atoms with Gasteiger partial charge >= 0.3 is 0 Å². The van der Waals surface area contributed by atoms with E-state index < -0.39 is 18.0 Å². The first kappa shape index (κ1) is 72.2. The maximum atomic E-state index is 15.2. The molecule has 0 saturated carbocycles. The number of rotatable bonds is 10. The van der Waals surface area contributed by atoms with Crippen molar-refractivity contribution >= 4 is 66.4 Å². The summed E-state index contributed by atoms with van der Waals surface area (Å²) >= 11 is 0. The highest BCUT2D eigenvalue weighted by atomic mass is 31.2. The van der Waals surface area contributed by atoms with E-state index in [0.717, 1.165) is 183 Å². The normalized spacial score (nSPS) is 13.1. The third-order valence-electron chi connectivity index (χ3n) is 25.7. The molecule has 25 rings (SSSR count). The summed E-state index contributed by atoms with van der Waals surface area (Å²) in [5.41, 5.74) is 28.9. The first-order valence-electron chi connectivity index (χ1n) is 42.0. The van der Waals surface area contributed by atoms with E-state index in [4.69, 9.17) is 24.4 Å². The molecule has 0 bridgehead atoms. The molecule has 16 aromatic carbocycles. The van der Waals surface area contributed by atoms with E-state index in [-0.39, 0.29) is 0 Å². The Morgan fingerprint density at radius 3 is 0.935 bits per heavy atom. The Balaban J connectivity index is 0.000000140. The fourth-order valence-corrected chi connectivity index (χ4v) is 22.8. The number of ether oxygens (including phenoxy) is 2. The number of hydrogen-bond acceptors (Lipinski definition) is 8. The molecular weight excluding hydrogens is 1530 g/mol. The van der Waals surface area contributed by atoms with Crippen LogP contribution in [0.1, 0.15) is 44.5 Å². The molecular formula is C115H72N5O3P. The summed E-state index contributed by atoms with van der Waals surface area (Å²) < 4.78 is 29.1. The van der Waals surface area contributed by atoms with E-state index >= 15 is 4.57 Å². The highest BCUT2D eigenvalue weighted by Crippen LogP contribution is 2.65. The Bertz CT molecular complexity index is 7740. The number of para-hydroxylation sites is 2. The van der Waals surface area contributed by atoms with Gasteiger partial charge in [0, 0.05) is 83.2 Å². The van der Waals surface area contributed by atoms with Gasteiger partial charge in [0.15, 0.2) is 7.14 Å². The monoisotopic (exact) mass is 1600 g/mol. The van der Waals surface area contributed by atoms with Crippen molar-refractivity contribution in [2.45, 2.75) is 10.8 Å². The number of hydrogen-bond donors (Lipinski definition) is 0. The van der Waals surface area contributed by atoms with E-state index in [0.29, 0.717) is 0 Å². The second-order valence-electron chi connectivity index (χ2n) is 32.2. The van der Waals surface area contributed by atoms with Gasteiger partial charge in [0.2, 0.25) is 0 Å². The van der Waals surface area contributed by atoms with Crippen LogP contribution < -0.4 is 25.4 Å². The van der Waals surface area contributed by atoms with Crippen molar-refractivity contribution in [3.05, 3.63) is 482 Å². The fraction of sp³-hybridized carbons (Fsp3) is 0.0174. The van der Waals surface area contributed by atoms with Crippen molar-refractivity contribution in [1.29, 1.82) is 0 Å². The first-order valence-corrected chi connectivity index (χ1v) is 43.7. The molecule has 0 fully saturated rings. The predicted octanol–water partition coefficient (Wildman–Crippen LogP) is 27.2. The molecule has 2 aliphatic carbocycles. The van der Waals surface area contributed by atoms with Crippen molar-refractivity contribution in [2.75, 3.05) is 0 Å². The molecule has 2 spiro atoms. The first-order chi connectivity index (χ1) is 61.3. The Kier molecular flexibility index (Phi) is 16.9. The van der Waals surface area contributed by atoms with E-state index in [1.54, 1.807) is 12.4 Å². The lowest BCUT2D eigenvalue weighted by Gasteiger charge is -2.39. The second-order valence-corrected chi connectivity index (χ2v) is 35.0. The van der Waals surface area contributed by atoms with Crippen molar-refractivity contribution in [2.24, 2.45) is 0 Å². The highest BCUT2D eigenvalue weighted by molar-refractivity contribution is 7.85. The molecule has 124 heavy (non-hydrogen) atoms. The van der Waals surface area contributed by atoms with E-state index in [1.807, 2.05) is 115 Å². The molecule has 0 amide bonds. The quantitative estimate of drug-likeness (QED) is 0.0986. The Labute approximate surface area is 716 Å². The zero-order valence-electron chi connectivity index (χ0n) is 67.0. The predicted molar refractivity (Wildman–Crippen MR) is 504 cm³/mol. The van der Waals surface area contributed by atoms with Crippen LogP contribution in [0.4, 0.5) is 0 Å². The molecule has 0 atom stereocenters. The second kappa shape index (κ2) is 29.0. The van der Waals surface area contributed by atoms with Crippen LogP contribution in [0.5, 0.6) is 23.0 Å². The van der Waals surface area contributed by atoms with Crippen molar-refractivity contribution in [1.82, 2.24) is 24.9 Å². The van der Waals surface area contributed by atoms with E-state index in [2.05, 4.69) is 319 Å². The maximum Gasteiger partial charge on any atom is 0.171 e. The van der Waals surface area contributed by atoms with Crippen LogP contribution >= 0.6 is 7.14 Å².